The van der Waals surface area contributed by atoms with E-state index in [9.17, 15) is 24.0 Å². The van der Waals surface area contributed by atoms with Gasteiger partial charge in [-0.1, -0.05) is 87.9 Å². The first kappa shape index (κ1) is 36.4. The van der Waals surface area contributed by atoms with E-state index in [0.717, 1.165) is 11.1 Å². The van der Waals surface area contributed by atoms with Gasteiger partial charge in [-0.05, 0) is 49.7 Å². The second-order valence-electron chi connectivity index (χ2n) is 12.8. The van der Waals surface area contributed by atoms with E-state index < -0.39 is 47.5 Å². The first-order valence-electron chi connectivity index (χ1n) is 16.2. The Morgan fingerprint density at radius 3 is 1.85 bits per heavy atom. The quantitative estimate of drug-likeness (QED) is 0.215. The van der Waals surface area contributed by atoms with Crippen LogP contribution >= 0.6 is 0 Å². The molecule has 3 N–H and O–H groups in total. The van der Waals surface area contributed by atoms with Crippen molar-refractivity contribution in [3.05, 3.63) is 71.8 Å². The van der Waals surface area contributed by atoms with Crippen LogP contribution in [0.4, 0.5) is 0 Å². The molecular formula is C36H50N4O6. The largest absolute Gasteiger partial charge is 0.361 e. The summed E-state index contributed by atoms with van der Waals surface area (Å²) in [5.74, 6) is -1.76. The first-order chi connectivity index (χ1) is 21.8. The molecule has 5 atom stereocenters. The number of Topliss-reactive ketones (excluding diaryl/α,β-unsaturated/α-hetero) is 1. The maximum atomic E-state index is 13.8. The van der Waals surface area contributed by atoms with Gasteiger partial charge < -0.3 is 25.6 Å². The highest BCUT2D eigenvalue weighted by atomic mass is 16.6. The maximum Gasteiger partial charge on any atom is 0.243 e. The topological polar surface area (TPSA) is 137 Å². The second-order valence-corrected chi connectivity index (χ2v) is 12.8. The van der Waals surface area contributed by atoms with Crippen LogP contribution in [0.3, 0.4) is 0 Å². The molecule has 1 fully saturated rings. The lowest BCUT2D eigenvalue weighted by molar-refractivity contribution is -0.139. The van der Waals surface area contributed by atoms with Gasteiger partial charge >= 0.3 is 0 Å². The number of amides is 4. The smallest absolute Gasteiger partial charge is 0.243 e. The molecule has 1 heterocycles. The van der Waals surface area contributed by atoms with E-state index in [2.05, 4.69) is 16.0 Å². The number of aryl methyl sites for hydroxylation is 1. The molecule has 250 valence electrons. The van der Waals surface area contributed by atoms with Crippen LogP contribution in [0.2, 0.25) is 0 Å². The van der Waals surface area contributed by atoms with E-state index in [1.165, 1.54) is 11.8 Å². The number of ether oxygens (including phenoxy) is 1. The molecule has 1 aliphatic rings. The Labute approximate surface area is 273 Å². The molecule has 0 aromatic heterocycles. The van der Waals surface area contributed by atoms with Crippen molar-refractivity contribution < 1.29 is 28.7 Å². The van der Waals surface area contributed by atoms with Crippen molar-refractivity contribution >= 4 is 29.4 Å². The number of rotatable bonds is 18. The molecule has 2 aromatic carbocycles. The van der Waals surface area contributed by atoms with Gasteiger partial charge in [0.2, 0.25) is 23.6 Å². The number of hydrogen-bond acceptors (Lipinski definition) is 6. The lowest BCUT2D eigenvalue weighted by Crippen LogP contribution is -2.58. The van der Waals surface area contributed by atoms with Crippen LogP contribution in [-0.4, -0.2) is 77.7 Å². The Morgan fingerprint density at radius 1 is 0.804 bits per heavy atom. The van der Waals surface area contributed by atoms with Crippen LogP contribution in [0.25, 0.3) is 0 Å². The molecule has 10 heteroatoms. The zero-order chi connectivity index (χ0) is 33.9. The number of nitrogens with one attached hydrogen (secondary N) is 3. The summed E-state index contributed by atoms with van der Waals surface area (Å²) in [5, 5.41) is 8.63. The summed E-state index contributed by atoms with van der Waals surface area (Å²) in [6.07, 6.45) is 2.48. The van der Waals surface area contributed by atoms with Gasteiger partial charge in [-0.25, -0.2) is 0 Å². The highest BCUT2D eigenvalue weighted by molar-refractivity contribution is 5.98. The molecule has 4 amide bonds. The van der Waals surface area contributed by atoms with Gasteiger partial charge in [0.1, 0.15) is 23.7 Å². The van der Waals surface area contributed by atoms with E-state index in [-0.39, 0.29) is 24.0 Å². The minimum Gasteiger partial charge on any atom is -0.361 e. The standard InChI is InChI=1S/C36H50N4O6/c1-7-14-28(37-35(45)31(40(6)25(4)41)20-19-26-15-10-8-11-16-26)33(43)39-30(22-27-17-12-9-13-18-27)34(44)38-29(21-24(2)3)32(42)36(5)23-46-36/h8-13,15-18,24,28-31H,7,14,19-23H2,1-6H3,(H,37,45)(H,38,44)(H,39,43)/t28-,29-,30-,31-,36+/m0/s1. The number of nitrogens with zero attached hydrogens (tertiary/aromatic N) is 1. The Hall–Kier alpha value is -4.05. The fourth-order valence-electron chi connectivity index (χ4n) is 5.42. The number of carbonyl (C=O) groups excluding carboxylic acids is 5. The zero-order valence-corrected chi connectivity index (χ0v) is 28.0. The van der Waals surface area contributed by atoms with Gasteiger partial charge in [0.25, 0.3) is 0 Å². The van der Waals surface area contributed by atoms with Crippen LogP contribution in [0.15, 0.2) is 60.7 Å². The van der Waals surface area contributed by atoms with E-state index in [4.69, 9.17) is 4.74 Å². The number of epoxide rings is 1. The molecule has 0 aliphatic carbocycles. The van der Waals surface area contributed by atoms with Crippen molar-refractivity contribution in [2.75, 3.05) is 13.7 Å². The van der Waals surface area contributed by atoms with Crippen molar-refractivity contribution in [3.8, 4) is 0 Å². The number of carbonyl (C=O) groups is 5. The summed E-state index contributed by atoms with van der Waals surface area (Å²) in [4.78, 5) is 68.1. The highest BCUT2D eigenvalue weighted by Gasteiger charge is 2.50. The van der Waals surface area contributed by atoms with Gasteiger partial charge in [-0.15, -0.1) is 0 Å². The molecule has 0 radical (unpaired) electrons. The Bertz CT molecular complexity index is 1330. The van der Waals surface area contributed by atoms with E-state index >= 15 is 0 Å². The average molecular weight is 635 g/mol. The zero-order valence-electron chi connectivity index (χ0n) is 28.0. The van der Waals surface area contributed by atoms with Gasteiger partial charge in [0, 0.05) is 20.4 Å². The third-order valence-electron chi connectivity index (χ3n) is 8.38. The van der Waals surface area contributed by atoms with Gasteiger partial charge in [-0.3, -0.25) is 24.0 Å². The molecular weight excluding hydrogens is 584 g/mol. The number of ketones is 1. The van der Waals surface area contributed by atoms with E-state index in [0.29, 0.717) is 38.7 Å². The van der Waals surface area contributed by atoms with Crippen LogP contribution in [0, 0.1) is 5.92 Å². The van der Waals surface area contributed by atoms with E-state index in [1.807, 2.05) is 81.4 Å². The Balaban J connectivity index is 1.79. The highest BCUT2D eigenvalue weighted by Crippen LogP contribution is 2.29. The minimum absolute atomic E-state index is 0.130. The van der Waals surface area contributed by atoms with Crippen LogP contribution < -0.4 is 16.0 Å². The summed E-state index contributed by atoms with van der Waals surface area (Å²) >= 11 is 0. The van der Waals surface area contributed by atoms with Crippen LogP contribution in [-0.2, 0) is 41.6 Å². The molecule has 3 rings (SSSR count). The number of hydrogen-bond donors (Lipinski definition) is 3. The summed E-state index contributed by atoms with van der Waals surface area (Å²) in [6, 6.07) is 15.5. The summed E-state index contributed by atoms with van der Waals surface area (Å²) < 4.78 is 5.38. The molecule has 0 saturated carbocycles. The lowest BCUT2D eigenvalue weighted by Gasteiger charge is -2.29. The number of benzene rings is 2. The third kappa shape index (κ3) is 10.8. The summed E-state index contributed by atoms with van der Waals surface area (Å²) in [6.45, 7) is 9.27. The SMILES string of the molecule is CCC[C@H](NC(=O)[C@H](CCc1ccccc1)N(C)C(C)=O)C(=O)N[C@@H](Cc1ccccc1)C(=O)N[C@@H](CC(C)C)C(=O)[C@@]1(C)CO1. The van der Waals surface area contributed by atoms with Gasteiger partial charge in [0.15, 0.2) is 5.78 Å². The number of likely N-dealkylation sites (N-methyl/N-ethyl adjacent to an activating group) is 1. The van der Waals surface area contributed by atoms with E-state index in [1.54, 1.807) is 14.0 Å². The fourth-order valence-corrected chi connectivity index (χ4v) is 5.42. The first-order valence-corrected chi connectivity index (χ1v) is 16.2. The predicted molar refractivity (Wildman–Crippen MR) is 177 cm³/mol. The lowest BCUT2D eigenvalue weighted by atomic mass is 9.93. The van der Waals surface area contributed by atoms with Crippen molar-refractivity contribution in [3.63, 3.8) is 0 Å². The monoisotopic (exact) mass is 634 g/mol. The third-order valence-corrected chi connectivity index (χ3v) is 8.38. The molecule has 1 saturated heterocycles. The van der Waals surface area contributed by atoms with Crippen molar-refractivity contribution in [2.45, 2.75) is 103 Å². The molecule has 0 spiro atoms. The normalized spacial score (nSPS) is 18.1. The summed E-state index contributed by atoms with van der Waals surface area (Å²) in [7, 11) is 1.58. The fraction of sp³-hybridized carbons (Fsp3) is 0.528. The predicted octanol–water partition coefficient (Wildman–Crippen LogP) is 3.37. The Morgan fingerprint density at radius 2 is 1.33 bits per heavy atom. The molecule has 10 nitrogen and oxygen atoms in total. The molecule has 46 heavy (non-hydrogen) atoms. The Kier molecular flexibility index (Phi) is 13.5. The average Bonchev–Trinajstić information content (AvgIpc) is 3.78. The molecule has 0 unspecified atom stereocenters. The van der Waals surface area contributed by atoms with Crippen LogP contribution in [0.1, 0.15) is 71.4 Å². The molecule has 1 aliphatic heterocycles. The van der Waals surface area contributed by atoms with Gasteiger partial charge in [0.05, 0.1) is 12.6 Å². The molecule has 2 aromatic rings. The van der Waals surface area contributed by atoms with Crippen molar-refractivity contribution in [1.29, 1.82) is 0 Å². The van der Waals surface area contributed by atoms with Gasteiger partial charge in [-0.2, -0.15) is 0 Å². The summed E-state index contributed by atoms with van der Waals surface area (Å²) in [5.41, 5.74) is 0.949. The minimum atomic E-state index is -1.00. The van der Waals surface area contributed by atoms with Crippen molar-refractivity contribution in [2.24, 2.45) is 5.92 Å². The van der Waals surface area contributed by atoms with Crippen LogP contribution in [0.5, 0.6) is 0 Å². The second kappa shape index (κ2) is 17.0. The molecule has 0 bridgehead atoms. The van der Waals surface area contributed by atoms with Crippen molar-refractivity contribution in [1.82, 2.24) is 20.9 Å². The maximum absolute atomic E-state index is 13.8.